The molecule has 1 aliphatic heterocycles. The number of rotatable bonds is 4. The highest BCUT2D eigenvalue weighted by atomic mass is 32.2. The average molecular weight is 728 g/mol. The van der Waals surface area contributed by atoms with Gasteiger partial charge in [0.2, 0.25) is 0 Å². The van der Waals surface area contributed by atoms with Crippen molar-refractivity contribution < 1.29 is 0 Å². The number of hydrogen-bond donors (Lipinski definition) is 0. The highest BCUT2D eigenvalue weighted by Gasteiger charge is 2.36. The summed E-state index contributed by atoms with van der Waals surface area (Å²) >= 11 is 3.75. The molecule has 0 amide bonds. The van der Waals surface area contributed by atoms with Gasteiger partial charge in [0.15, 0.2) is 5.82 Å². The predicted octanol–water partition coefficient (Wildman–Crippen LogP) is 13.5. The summed E-state index contributed by atoms with van der Waals surface area (Å²) < 4.78 is 2.48. The predicted molar refractivity (Wildman–Crippen MR) is 225 cm³/mol. The van der Waals surface area contributed by atoms with E-state index in [1.165, 1.54) is 63.6 Å². The third-order valence-corrected chi connectivity index (χ3v) is 13.6. The molecule has 0 spiro atoms. The minimum atomic E-state index is -0.113. The Balaban J connectivity index is 1.15. The van der Waals surface area contributed by atoms with Crippen LogP contribution in [0.15, 0.2) is 183 Å². The molecule has 0 radical (unpaired) electrons. The summed E-state index contributed by atoms with van der Waals surface area (Å²) in [5.41, 5.74) is 13.8. The monoisotopic (exact) mass is 727 g/mol. The van der Waals surface area contributed by atoms with Gasteiger partial charge in [-0.15, -0.1) is 0 Å². The van der Waals surface area contributed by atoms with Crippen LogP contribution in [0, 0.1) is 0 Å². The normalized spacial score (nSPS) is 13.7. The highest BCUT2D eigenvalue weighted by molar-refractivity contribution is 8.05. The second-order valence-corrected chi connectivity index (χ2v) is 16.8. The summed E-state index contributed by atoms with van der Waals surface area (Å²) in [6.07, 6.45) is 0. The van der Waals surface area contributed by atoms with E-state index in [2.05, 4.69) is 158 Å². The van der Waals surface area contributed by atoms with Crippen molar-refractivity contribution in [3.05, 3.63) is 175 Å². The highest BCUT2D eigenvalue weighted by Crippen LogP contribution is 2.53. The molecule has 256 valence electrons. The van der Waals surface area contributed by atoms with Crippen LogP contribution in [0.2, 0.25) is 0 Å². The Labute approximate surface area is 322 Å². The zero-order valence-electron chi connectivity index (χ0n) is 29.7. The molecule has 0 saturated heterocycles. The van der Waals surface area contributed by atoms with E-state index in [0.29, 0.717) is 5.82 Å². The Morgan fingerprint density at radius 3 is 1.80 bits per heavy atom. The van der Waals surface area contributed by atoms with Gasteiger partial charge >= 0.3 is 0 Å². The van der Waals surface area contributed by atoms with Crippen LogP contribution in [-0.2, 0) is 5.41 Å². The van der Waals surface area contributed by atoms with Gasteiger partial charge in [-0.3, -0.25) is 0 Å². The lowest BCUT2D eigenvalue weighted by Gasteiger charge is -2.21. The number of nitrogens with zero attached hydrogens (tertiary/aromatic N) is 3. The van der Waals surface area contributed by atoms with E-state index in [0.717, 1.165) is 33.8 Å². The Morgan fingerprint density at radius 1 is 0.444 bits per heavy atom. The van der Waals surface area contributed by atoms with Crippen molar-refractivity contribution in [1.82, 2.24) is 14.5 Å². The van der Waals surface area contributed by atoms with E-state index < -0.39 is 0 Å². The lowest BCUT2D eigenvalue weighted by molar-refractivity contribution is 0.661. The molecule has 0 unspecified atom stereocenters. The lowest BCUT2D eigenvalue weighted by atomic mass is 9.82. The minimum Gasteiger partial charge on any atom is -0.309 e. The van der Waals surface area contributed by atoms with E-state index in [1.807, 2.05) is 47.8 Å². The molecule has 0 saturated carbocycles. The van der Waals surface area contributed by atoms with Crippen LogP contribution in [0.5, 0.6) is 0 Å². The molecule has 0 atom stereocenters. The van der Waals surface area contributed by atoms with E-state index in [1.54, 1.807) is 0 Å². The van der Waals surface area contributed by atoms with Crippen molar-refractivity contribution >= 4 is 45.3 Å². The molecule has 7 aromatic carbocycles. The van der Waals surface area contributed by atoms with Gasteiger partial charge in [-0.2, -0.15) is 0 Å². The van der Waals surface area contributed by atoms with Gasteiger partial charge in [-0.25, -0.2) is 9.97 Å². The number of aromatic nitrogens is 3. The van der Waals surface area contributed by atoms with Crippen LogP contribution in [0.25, 0.3) is 72.5 Å². The number of fused-ring (bicyclic) bond motifs is 8. The average Bonchev–Trinajstić information content (AvgIpc) is 3.65. The molecule has 3 nitrogen and oxygen atoms in total. The van der Waals surface area contributed by atoms with Gasteiger partial charge in [0.05, 0.1) is 22.4 Å². The minimum absolute atomic E-state index is 0.113. The fraction of sp³-hybridized carbons (Fsp3) is 0.0612. The first kappa shape index (κ1) is 31.6. The van der Waals surface area contributed by atoms with E-state index in [4.69, 9.17) is 9.97 Å². The van der Waals surface area contributed by atoms with E-state index in [9.17, 15) is 0 Å². The molecule has 1 aliphatic carbocycles. The molecule has 0 bridgehead atoms. The largest absolute Gasteiger partial charge is 0.309 e. The fourth-order valence-electron chi connectivity index (χ4n) is 8.38. The maximum absolute atomic E-state index is 5.19. The van der Waals surface area contributed by atoms with Crippen LogP contribution >= 0.6 is 23.5 Å². The van der Waals surface area contributed by atoms with Gasteiger partial charge in [0.25, 0.3) is 0 Å². The fourth-order valence-corrected chi connectivity index (χ4v) is 10.7. The van der Waals surface area contributed by atoms with Crippen LogP contribution in [0.4, 0.5) is 0 Å². The van der Waals surface area contributed by atoms with Gasteiger partial charge < -0.3 is 4.57 Å². The van der Waals surface area contributed by atoms with Crippen LogP contribution in [-0.4, -0.2) is 14.5 Å². The smallest absolute Gasteiger partial charge is 0.160 e. The zero-order chi connectivity index (χ0) is 36.0. The van der Waals surface area contributed by atoms with Gasteiger partial charge in [0.1, 0.15) is 0 Å². The van der Waals surface area contributed by atoms with Crippen molar-refractivity contribution in [3.8, 4) is 50.7 Å². The van der Waals surface area contributed by atoms with Gasteiger partial charge in [-0.1, -0.05) is 147 Å². The first-order chi connectivity index (χ1) is 26.5. The zero-order valence-corrected chi connectivity index (χ0v) is 31.4. The molecular formula is C49H33N3S2. The summed E-state index contributed by atoms with van der Waals surface area (Å²) in [6, 6.07) is 59.1. The molecule has 5 heteroatoms. The maximum Gasteiger partial charge on any atom is 0.160 e. The third-order valence-electron chi connectivity index (χ3n) is 11.1. The van der Waals surface area contributed by atoms with Crippen LogP contribution in [0.1, 0.15) is 25.0 Å². The molecule has 3 heterocycles. The van der Waals surface area contributed by atoms with Crippen molar-refractivity contribution in [2.75, 3.05) is 0 Å². The summed E-state index contributed by atoms with van der Waals surface area (Å²) in [7, 11) is 0. The van der Waals surface area contributed by atoms with Crippen molar-refractivity contribution in [2.45, 2.75) is 38.8 Å². The molecule has 11 rings (SSSR count). The van der Waals surface area contributed by atoms with Crippen LogP contribution in [0.3, 0.4) is 0 Å². The van der Waals surface area contributed by atoms with Crippen molar-refractivity contribution in [1.29, 1.82) is 0 Å². The van der Waals surface area contributed by atoms with E-state index >= 15 is 0 Å². The first-order valence-electron chi connectivity index (χ1n) is 18.3. The number of hydrogen-bond acceptors (Lipinski definition) is 4. The quantitative estimate of drug-likeness (QED) is 0.181. The molecule has 0 N–H and O–H groups in total. The molecular weight excluding hydrogens is 695 g/mol. The topological polar surface area (TPSA) is 30.7 Å². The Kier molecular flexibility index (Phi) is 7.07. The summed E-state index contributed by atoms with van der Waals surface area (Å²) in [5.74, 6) is 0.716. The van der Waals surface area contributed by atoms with Gasteiger partial charge in [-0.05, 0) is 76.9 Å². The Hall–Kier alpha value is -5.88. The lowest BCUT2D eigenvalue weighted by Crippen LogP contribution is -2.14. The molecule has 2 aromatic heterocycles. The molecule has 9 aromatic rings. The number of benzene rings is 7. The van der Waals surface area contributed by atoms with Crippen molar-refractivity contribution in [2.24, 2.45) is 0 Å². The van der Waals surface area contributed by atoms with Crippen LogP contribution < -0.4 is 0 Å². The third kappa shape index (κ3) is 4.92. The molecule has 0 fully saturated rings. The summed E-state index contributed by atoms with van der Waals surface area (Å²) in [4.78, 5) is 15.5. The molecule has 2 aliphatic rings. The first-order valence-corrected chi connectivity index (χ1v) is 19.9. The maximum atomic E-state index is 5.19. The van der Waals surface area contributed by atoms with Crippen molar-refractivity contribution in [3.63, 3.8) is 0 Å². The SMILES string of the molecule is CC1(C)c2ccccc2-c2cc3c4cc5c(cc4n(-c4cccc(-c6cc(-c7ccccc7)nc(-c7ccccc7)n6)c4)c3cc21)Sc1ccccc1S5. The van der Waals surface area contributed by atoms with Gasteiger partial charge in [0, 0.05) is 58.1 Å². The summed E-state index contributed by atoms with van der Waals surface area (Å²) in [6.45, 7) is 4.73. The van der Waals surface area contributed by atoms with E-state index in [-0.39, 0.29) is 5.41 Å². The Morgan fingerprint density at radius 2 is 1.04 bits per heavy atom. The Bertz CT molecular complexity index is 2910. The standard InChI is InChI=1S/C49H33N3S2/c1-49(2)38-21-10-9-20-34(38)35-25-36-37-26-46-47(54-45-23-12-11-22-44(45)53-46)29-43(37)52(42(36)27-39(35)49)33-19-13-18-32(24-33)41-28-40(30-14-5-3-6-15-30)50-48(51-41)31-16-7-4-8-17-31/h3-29H,1-2H3. The second-order valence-electron chi connectivity index (χ2n) is 14.6. The second kappa shape index (κ2) is 12.1. The summed E-state index contributed by atoms with van der Waals surface area (Å²) in [5, 5.41) is 2.54. The molecule has 54 heavy (non-hydrogen) atoms.